The Labute approximate surface area is 104 Å². The van der Waals surface area contributed by atoms with E-state index in [1.807, 2.05) is 18.2 Å². The van der Waals surface area contributed by atoms with Crippen LogP contribution in [-0.2, 0) is 4.74 Å². The van der Waals surface area contributed by atoms with Crippen LogP contribution in [0.1, 0.15) is 16.8 Å². The van der Waals surface area contributed by atoms with E-state index >= 15 is 0 Å². The third kappa shape index (κ3) is 5.28. The summed E-state index contributed by atoms with van der Waals surface area (Å²) in [4.78, 5) is 11.6. The molecule has 0 spiro atoms. The van der Waals surface area contributed by atoms with E-state index in [0.717, 1.165) is 11.8 Å². The first-order valence-corrected chi connectivity index (χ1v) is 6.43. The average molecular weight is 286 g/mol. The first-order valence-electron chi connectivity index (χ1n) is 5.31. The van der Waals surface area contributed by atoms with Crippen molar-refractivity contribution in [3.63, 3.8) is 0 Å². The molecule has 0 unspecified atom stereocenters. The second kappa shape index (κ2) is 8.30. The van der Waals surface area contributed by atoms with E-state index in [1.54, 1.807) is 12.1 Å². The average Bonchev–Trinajstić information content (AvgIpc) is 2.34. The van der Waals surface area contributed by atoms with Crippen molar-refractivity contribution in [1.29, 1.82) is 0 Å². The summed E-state index contributed by atoms with van der Waals surface area (Å²) in [6.07, 6.45) is 0.839. The zero-order valence-electron chi connectivity index (χ0n) is 9.12. The molecule has 1 aromatic rings. The zero-order chi connectivity index (χ0) is 11.6. The quantitative estimate of drug-likeness (QED) is 0.616. The van der Waals surface area contributed by atoms with Crippen LogP contribution in [0.4, 0.5) is 0 Å². The third-order valence-electron chi connectivity index (χ3n) is 2.01. The van der Waals surface area contributed by atoms with Crippen LogP contribution < -0.4 is 5.32 Å². The molecule has 0 atom stereocenters. The van der Waals surface area contributed by atoms with Crippen molar-refractivity contribution in [3.8, 4) is 0 Å². The van der Waals surface area contributed by atoms with Crippen molar-refractivity contribution >= 4 is 21.8 Å². The van der Waals surface area contributed by atoms with Crippen molar-refractivity contribution in [2.75, 3.05) is 25.1 Å². The maximum absolute atomic E-state index is 11.6. The summed E-state index contributed by atoms with van der Waals surface area (Å²) in [6.45, 7) is 2.04. The van der Waals surface area contributed by atoms with Crippen molar-refractivity contribution in [2.24, 2.45) is 0 Å². The van der Waals surface area contributed by atoms with Crippen LogP contribution in [0.2, 0.25) is 0 Å². The number of hydrogen-bond donors (Lipinski definition) is 1. The molecular weight excluding hydrogens is 270 g/mol. The molecule has 1 rings (SSSR count). The van der Waals surface area contributed by atoms with E-state index < -0.39 is 0 Å². The van der Waals surface area contributed by atoms with Crippen LogP contribution in [0, 0.1) is 0 Å². The Morgan fingerprint density at radius 2 is 2.00 bits per heavy atom. The number of nitrogens with one attached hydrogen (secondary N) is 1. The highest BCUT2D eigenvalue weighted by Gasteiger charge is 2.02. The van der Waals surface area contributed by atoms with Gasteiger partial charge in [0, 0.05) is 24.0 Å². The Morgan fingerprint density at radius 3 is 2.69 bits per heavy atom. The number of alkyl halides is 1. The number of carbonyl (C=O) groups excluding carboxylic acids is 1. The van der Waals surface area contributed by atoms with Crippen molar-refractivity contribution in [1.82, 2.24) is 5.32 Å². The van der Waals surface area contributed by atoms with Gasteiger partial charge in [0.15, 0.2) is 0 Å². The van der Waals surface area contributed by atoms with Gasteiger partial charge in [-0.3, -0.25) is 4.79 Å². The van der Waals surface area contributed by atoms with Gasteiger partial charge in [-0.2, -0.15) is 0 Å². The van der Waals surface area contributed by atoms with Gasteiger partial charge in [0.05, 0.1) is 6.61 Å². The lowest BCUT2D eigenvalue weighted by molar-refractivity contribution is 0.0944. The van der Waals surface area contributed by atoms with Crippen LogP contribution >= 0.6 is 15.9 Å². The molecule has 0 aromatic heterocycles. The van der Waals surface area contributed by atoms with Crippen LogP contribution in [-0.4, -0.2) is 31.0 Å². The molecule has 4 heteroatoms. The molecule has 1 amide bonds. The van der Waals surface area contributed by atoms with Gasteiger partial charge in [-0.25, -0.2) is 0 Å². The number of halogens is 1. The van der Waals surface area contributed by atoms with E-state index in [9.17, 15) is 4.79 Å². The first kappa shape index (κ1) is 13.2. The molecule has 1 N–H and O–H groups in total. The lowest BCUT2D eigenvalue weighted by atomic mass is 10.2. The number of rotatable bonds is 7. The number of amides is 1. The van der Waals surface area contributed by atoms with E-state index in [4.69, 9.17) is 4.74 Å². The van der Waals surface area contributed by atoms with Gasteiger partial charge in [-0.05, 0) is 18.6 Å². The lowest BCUT2D eigenvalue weighted by Crippen LogP contribution is -2.25. The molecule has 0 heterocycles. The fourth-order valence-corrected chi connectivity index (χ4v) is 1.45. The standard InChI is InChI=1S/C12H16BrNO2/c13-7-10-16-9-4-8-14-12(15)11-5-2-1-3-6-11/h1-3,5-6H,4,7-10H2,(H,14,15). The first-order chi connectivity index (χ1) is 7.84. The fraction of sp³-hybridized carbons (Fsp3) is 0.417. The maximum Gasteiger partial charge on any atom is 0.251 e. The number of benzene rings is 1. The molecular formula is C12H16BrNO2. The van der Waals surface area contributed by atoms with E-state index in [0.29, 0.717) is 25.3 Å². The Morgan fingerprint density at radius 1 is 1.25 bits per heavy atom. The van der Waals surface area contributed by atoms with Crippen LogP contribution in [0.3, 0.4) is 0 Å². The second-order valence-corrected chi connectivity index (χ2v) is 4.07. The SMILES string of the molecule is O=C(NCCCOCCBr)c1ccccc1. The van der Waals surface area contributed by atoms with Gasteiger partial charge in [0.2, 0.25) is 0 Å². The minimum Gasteiger partial charge on any atom is -0.381 e. The third-order valence-corrected chi connectivity index (χ3v) is 2.33. The zero-order valence-corrected chi connectivity index (χ0v) is 10.7. The van der Waals surface area contributed by atoms with Gasteiger partial charge in [0.25, 0.3) is 5.91 Å². The Bertz CT molecular complexity index is 303. The van der Waals surface area contributed by atoms with Gasteiger partial charge in [-0.1, -0.05) is 34.1 Å². The minimum absolute atomic E-state index is 0.0268. The monoisotopic (exact) mass is 285 g/mol. The van der Waals surface area contributed by atoms with Gasteiger partial charge in [0.1, 0.15) is 0 Å². The van der Waals surface area contributed by atoms with Gasteiger partial charge in [-0.15, -0.1) is 0 Å². The second-order valence-electron chi connectivity index (χ2n) is 3.28. The number of ether oxygens (including phenoxy) is 1. The smallest absolute Gasteiger partial charge is 0.251 e. The van der Waals surface area contributed by atoms with Crippen molar-refractivity contribution in [3.05, 3.63) is 35.9 Å². The summed E-state index contributed by atoms with van der Waals surface area (Å²) < 4.78 is 5.27. The normalized spacial score (nSPS) is 10.1. The number of carbonyl (C=O) groups is 1. The molecule has 0 aliphatic rings. The predicted molar refractivity (Wildman–Crippen MR) is 68.0 cm³/mol. The Kier molecular flexibility index (Phi) is 6.85. The van der Waals surface area contributed by atoms with E-state index in [2.05, 4.69) is 21.2 Å². The van der Waals surface area contributed by atoms with E-state index in [1.165, 1.54) is 0 Å². The Balaban J connectivity index is 2.12. The van der Waals surface area contributed by atoms with Crippen LogP contribution in [0.15, 0.2) is 30.3 Å². The summed E-state index contributed by atoms with van der Waals surface area (Å²) in [5.74, 6) is -0.0268. The lowest BCUT2D eigenvalue weighted by Gasteiger charge is -2.05. The molecule has 0 aliphatic carbocycles. The molecule has 0 aliphatic heterocycles. The summed E-state index contributed by atoms with van der Waals surface area (Å²) in [5, 5.41) is 3.70. The predicted octanol–water partition coefficient (Wildman–Crippen LogP) is 2.22. The molecule has 0 saturated heterocycles. The molecule has 16 heavy (non-hydrogen) atoms. The van der Waals surface area contributed by atoms with Gasteiger partial charge < -0.3 is 10.1 Å². The summed E-state index contributed by atoms with van der Waals surface area (Å²) in [6, 6.07) is 9.21. The summed E-state index contributed by atoms with van der Waals surface area (Å²) in [7, 11) is 0. The molecule has 3 nitrogen and oxygen atoms in total. The molecule has 0 fully saturated rings. The van der Waals surface area contributed by atoms with Crippen LogP contribution in [0.5, 0.6) is 0 Å². The molecule has 1 aromatic carbocycles. The Hall–Kier alpha value is -0.870. The highest BCUT2D eigenvalue weighted by Crippen LogP contribution is 1.97. The topological polar surface area (TPSA) is 38.3 Å². The molecule has 0 radical (unpaired) electrons. The van der Waals surface area contributed by atoms with Crippen molar-refractivity contribution < 1.29 is 9.53 Å². The summed E-state index contributed by atoms with van der Waals surface area (Å²) in [5.41, 5.74) is 0.698. The van der Waals surface area contributed by atoms with Crippen molar-refractivity contribution in [2.45, 2.75) is 6.42 Å². The highest BCUT2D eigenvalue weighted by molar-refractivity contribution is 9.09. The van der Waals surface area contributed by atoms with Gasteiger partial charge >= 0.3 is 0 Å². The van der Waals surface area contributed by atoms with Crippen LogP contribution in [0.25, 0.3) is 0 Å². The minimum atomic E-state index is -0.0268. The number of hydrogen-bond acceptors (Lipinski definition) is 2. The summed E-state index contributed by atoms with van der Waals surface area (Å²) >= 11 is 3.28. The maximum atomic E-state index is 11.6. The molecule has 0 bridgehead atoms. The fourth-order valence-electron chi connectivity index (χ4n) is 1.22. The molecule has 88 valence electrons. The molecule has 0 saturated carbocycles. The van der Waals surface area contributed by atoms with E-state index in [-0.39, 0.29) is 5.91 Å². The largest absolute Gasteiger partial charge is 0.381 e. The highest BCUT2D eigenvalue weighted by atomic mass is 79.9.